The summed E-state index contributed by atoms with van der Waals surface area (Å²) in [5.74, 6) is 0.607. The third-order valence-electron chi connectivity index (χ3n) is 2.30. The van der Waals surface area contributed by atoms with Crippen molar-refractivity contribution in [2.45, 2.75) is 6.18 Å². The molecule has 2 rings (SSSR count). The van der Waals surface area contributed by atoms with Crippen LogP contribution in [0.4, 0.5) is 24.8 Å². The fraction of sp³-hybridized carbons (Fsp3) is 0.250. The Bertz CT molecular complexity index is 637. The highest BCUT2D eigenvalue weighted by molar-refractivity contribution is 6.28. The fourth-order valence-corrected chi connectivity index (χ4v) is 1.55. The number of aromatic nitrogens is 3. The van der Waals surface area contributed by atoms with Gasteiger partial charge in [-0.25, -0.2) is 0 Å². The van der Waals surface area contributed by atoms with Gasteiger partial charge in [-0.1, -0.05) is 0 Å². The molecular weight excluding hydrogens is 325 g/mol. The summed E-state index contributed by atoms with van der Waals surface area (Å²) in [6.45, 7) is -1.52. The Kier molecular flexibility index (Phi) is 4.86. The van der Waals surface area contributed by atoms with Crippen LogP contribution in [0.1, 0.15) is 0 Å². The first-order chi connectivity index (χ1) is 10.4. The van der Waals surface area contributed by atoms with Gasteiger partial charge in [-0.05, 0) is 35.9 Å². The van der Waals surface area contributed by atoms with Crippen molar-refractivity contribution >= 4 is 23.2 Å². The second kappa shape index (κ2) is 6.65. The molecule has 118 valence electrons. The molecule has 0 amide bonds. The third kappa shape index (κ3) is 4.92. The van der Waals surface area contributed by atoms with E-state index in [2.05, 4.69) is 25.0 Å². The zero-order valence-electron chi connectivity index (χ0n) is 11.2. The number of anilines is 2. The van der Waals surface area contributed by atoms with E-state index < -0.39 is 18.8 Å². The van der Waals surface area contributed by atoms with Crippen LogP contribution in [0.3, 0.4) is 0 Å². The Balaban J connectivity index is 2.11. The van der Waals surface area contributed by atoms with E-state index in [0.29, 0.717) is 11.4 Å². The topological polar surface area (TPSA) is 69.2 Å². The minimum absolute atomic E-state index is 0.0395. The normalized spacial score (nSPS) is 11.1. The molecule has 0 unspecified atom stereocenters. The highest BCUT2D eigenvalue weighted by Gasteiger charge is 2.29. The third-order valence-corrected chi connectivity index (χ3v) is 2.47. The Labute approximate surface area is 128 Å². The van der Waals surface area contributed by atoms with Gasteiger partial charge in [-0.2, -0.15) is 28.1 Å². The van der Waals surface area contributed by atoms with Crippen molar-refractivity contribution in [2.75, 3.05) is 19.0 Å². The van der Waals surface area contributed by atoms with E-state index in [1.807, 2.05) is 0 Å². The van der Waals surface area contributed by atoms with Gasteiger partial charge in [-0.3, -0.25) is 0 Å². The number of benzene rings is 1. The molecule has 0 atom stereocenters. The summed E-state index contributed by atoms with van der Waals surface area (Å²) >= 11 is 5.63. The van der Waals surface area contributed by atoms with E-state index in [9.17, 15) is 13.2 Å². The average molecular weight is 335 g/mol. The van der Waals surface area contributed by atoms with Crippen LogP contribution in [0, 0.1) is 0 Å². The van der Waals surface area contributed by atoms with Crippen molar-refractivity contribution in [3.05, 3.63) is 29.5 Å². The van der Waals surface area contributed by atoms with E-state index in [-0.39, 0.29) is 11.2 Å². The Morgan fingerprint density at radius 3 is 2.41 bits per heavy atom. The molecule has 0 aliphatic rings. The molecule has 0 saturated carbocycles. The van der Waals surface area contributed by atoms with E-state index in [4.69, 9.17) is 16.3 Å². The lowest BCUT2D eigenvalue weighted by atomic mass is 10.3. The molecular formula is C12H10ClF3N4O2. The maximum absolute atomic E-state index is 12.1. The van der Waals surface area contributed by atoms with Crippen molar-refractivity contribution in [2.24, 2.45) is 0 Å². The van der Waals surface area contributed by atoms with Crippen LogP contribution in [0.15, 0.2) is 24.3 Å². The lowest BCUT2D eigenvalue weighted by Gasteiger charge is -2.09. The van der Waals surface area contributed by atoms with Gasteiger partial charge in [0, 0.05) is 5.69 Å². The van der Waals surface area contributed by atoms with Gasteiger partial charge in [0.15, 0.2) is 6.61 Å². The van der Waals surface area contributed by atoms with Crippen LogP contribution < -0.4 is 14.8 Å². The van der Waals surface area contributed by atoms with Gasteiger partial charge in [0.1, 0.15) is 5.75 Å². The first kappa shape index (κ1) is 16.1. The summed E-state index contributed by atoms with van der Waals surface area (Å²) in [4.78, 5) is 10.9. The number of rotatable bonds is 5. The summed E-state index contributed by atoms with van der Waals surface area (Å²) in [5.41, 5.74) is 0.588. The summed E-state index contributed by atoms with van der Waals surface area (Å²) in [5, 5.41) is 2.48. The molecule has 0 bridgehead atoms. The molecule has 1 N–H and O–H groups in total. The standard InChI is InChI=1S/C12H10ClF3N4O2/c1-21-8-4-2-7(3-5-8)17-10-18-9(13)19-11(20-10)22-6-12(14,15)16/h2-5H,6H2,1H3,(H,17,18,19,20). The lowest BCUT2D eigenvalue weighted by molar-refractivity contribution is -0.154. The molecule has 10 heteroatoms. The van der Waals surface area contributed by atoms with Crippen LogP contribution in [-0.4, -0.2) is 34.8 Å². The SMILES string of the molecule is COc1ccc(Nc2nc(Cl)nc(OCC(F)(F)F)n2)cc1. The molecule has 0 spiro atoms. The Morgan fingerprint density at radius 2 is 1.82 bits per heavy atom. The minimum Gasteiger partial charge on any atom is -0.497 e. The zero-order chi connectivity index (χ0) is 16.2. The summed E-state index contributed by atoms with van der Waals surface area (Å²) < 4.78 is 45.8. The second-order valence-electron chi connectivity index (χ2n) is 3.97. The number of nitrogens with one attached hydrogen (secondary N) is 1. The van der Waals surface area contributed by atoms with E-state index in [1.54, 1.807) is 24.3 Å². The first-order valence-corrected chi connectivity index (χ1v) is 6.26. The molecule has 1 heterocycles. The molecule has 1 aromatic heterocycles. The predicted octanol–water partition coefficient (Wildman–Crippen LogP) is 3.22. The van der Waals surface area contributed by atoms with Gasteiger partial charge >= 0.3 is 12.2 Å². The summed E-state index contributed by atoms with van der Waals surface area (Å²) in [7, 11) is 1.53. The highest BCUT2D eigenvalue weighted by atomic mass is 35.5. The van der Waals surface area contributed by atoms with E-state index in [0.717, 1.165) is 0 Å². The molecule has 0 fully saturated rings. The van der Waals surface area contributed by atoms with Gasteiger partial charge in [0.05, 0.1) is 7.11 Å². The van der Waals surface area contributed by atoms with Crippen LogP contribution in [0.25, 0.3) is 0 Å². The van der Waals surface area contributed by atoms with Crippen molar-refractivity contribution in [1.82, 2.24) is 15.0 Å². The lowest BCUT2D eigenvalue weighted by Crippen LogP contribution is -2.20. The van der Waals surface area contributed by atoms with Crippen LogP contribution in [0.2, 0.25) is 5.28 Å². The molecule has 0 aliphatic carbocycles. The highest BCUT2D eigenvalue weighted by Crippen LogP contribution is 2.21. The van der Waals surface area contributed by atoms with Crippen molar-refractivity contribution < 1.29 is 22.6 Å². The van der Waals surface area contributed by atoms with Gasteiger partial charge in [0.25, 0.3) is 0 Å². The molecule has 0 saturated heterocycles. The van der Waals surface area contributed by atoms with E-state index >= 15 is 0 Å². The Hall–Kier alpha value is -2.29. The van der Waals surface area contributed by atoms with Crippen molar-refractivity contribution in [1.29, 1.82) is 0 Å². The number of hydrogen-bond donors (Lipinski definition) is 1. The van der Waals surface area contributed by atoms with Gasteiger partial charge < -0.3 is 14.8 Å². The van der Waals surface area contributed by atoms with Crippen LogP contribution in [0.5, 0.6) is 11.8 Å². The van der Waals surface area contributed by atoms with E-state index in [1.165, 1.54) is 7.11 Å². The maximum Gasteiger partial charge on any atom is 0.422 e. The largest absolute Gasteiger partial charge is 0.497 e. The molecule has 2 aromatic rings. The van der Waals surface area contributed by atoms with Gasteiger partial charge in [0.2, 0.25) is 11.2 Å². The maximum atomic E-state index is 12.1. The average Bonchev–Trinajstić information content (AvgIpc) is 2.45. The summed E-state index contributed by atoms with van der Waals surface area (Å²) in [6.07, 6.45) is -4.50. The molecule has 6 nitrogen and oxygen atoms in total. The smallest absolute Gasteiger partial charge is 0.422 e. The molecule has 0 radical (unpaired) electrons. The van der Waals surface area contributed by atoms with Crippen molar-refractivity contribution in [3.8, 4) is 11.8 Å². The number of alkyl halides is 3. The van der Waals surface area contributed by atoms with Crippen molar-refractivity contribution in [3.63, 3.8) is 0 Å². The molecule has 0 aliphatic heterocycles. The minimum atomic E-state index is -4.50. The van der Waals surface area contributed by atoms with Gasteiger partial charge in [-0.15, -0.1) is 0 Å². The number of methoxy groups -OCH3 is 1. The number of nitrogens with zero attached hydrogens (tertiary/aromatic N) is 3. The summed E-state index contributed by atoms with van der Waals surface area (Å²) in [6, 6.07) is 6.20. The molecule has 22 heavy (non-hydrogen) atoms. The Morgan fingerprint density at radius 1 is 1.14 bits per heavy atom. The zero-order valence-corrected chi connectivity index (χ0v) is 11.9. The first-order valence-electron chi connectivity index (χ1n) is 5.88. The predicted molar refractivity (Wildman–Crippen MR) is 72.7 cm³/mol. The van der Waals surface area contributed by atoms with Crippen LogP contribution >= 0.6 is 11.6 Å². The number of halogens is 4. The quantitative estimate of drug-likeness (QED) is 0.905. The van der Waals surface area contributed by atoms with Crippen LogP contribution in [-0.2, 0) is 0 Å². The fourth-order valence-electron chi connectivity index (χ4n) is 1.40. The second-order valence-corrected chi connectivity index (χ2v) is 4.31. The monoisotopic (exact) mass is 334 g/mol. The molecule has 1 aromatic carbocycles. The number of hydrogen-bond acceptors (Lipinski definition) is 6. The number of ether oxygens (including phenoxy) is 2.